The number of hydrogen-bond donors (Lipinski definition) is 2. The average Bonchev–Trinajstić information content (AvgIpc) is 2.54. The van der Waals surface area contributed by atoms with Gasteiger partial charge >= 0.3 is 11.8 Å². The average molecular weight is 304 g/mol. The first kappa shape index (κ1) is 18.2. The van der Waals surface area contributed by atoms with Crippen LogP contribution in [0.25, 0.3) is 0 Å². The van der Waals surface area contributed by atoms with Crippen molar-refractivity contribution in [2.24, 2.45) is 0 Å². The van der Waals surface area contributed by atoms with Crippen LogP contribution in [0.1, 0.15) is 51.0 Å². The van der Waals surface area contributed by atoms with Crippen LogP contribution in [0.3, 0.4) is 0 Å². The molecular weight excluding hydrogens is 276 g/mol. The quantitative estimate of drug-likeness (QED) is 0.516. The monoisotopic (exact) mass is 304 g/mol. The summed E-state index contributed by atoms with van der Waals surface area (Å²) in [6.45, 7) is 3.25. The Morgan fingerprint density at radius 3 is 2.09 bits per heavy atom. The van der Waals surface area contributed by atoms with E-state index in [0.717, 1.165) is 24.8 Å². The SMILES string of the molecule is CCCCCCCCNC(=O)C(=O)NCCc1ccccc1. The third-order valence-corrected chi connectivity index (χ3v) is 3.56. The highest BCUT2D eigenvalue weighted by Gasteiger charge is 2.11. The zero-order chi connectivity index (χ0) is 16.0. The summed E-state index contributed by atoms with van der Waals surface area (Å²) < 4.78 is 0. The number of unbranched alkanes of at least 4 members (excludes halogenated alkanes) is 5. The smallest absolute Gasteiger partial charge is 0.309 e. The molecule has 0 aromatic heterocycles. The molecule has 1 aromatic rings. The summed E-state index contributed by atoms with van der Waals surface area (Å²) in [4.78, 5) is 23.2. The standard InChI is InChI=1S/C18H28N2O2/c1-2-3-4-5-6-10-14-19-17(21)18(22)20-15-13-16-11-8-7-9-12-16/h7-9,11-12H,2-6,10,13-15H2,1H3,(H,19,21)(H,20,22). The van der Waals surface area contributed by atoms with Gasteiger partial charge in [-0.25, -0.2) is 0 Å². The number of carbonyl (C=O) groups is 2. The molecule has 0 fully saturated rings. The van der Waals surface area contributed by atoms with Crippen molar-refractivity contribution in [2.45, 2.75) is 51.9 Å². The molecule has 1 rings (SSSR count). The Morgan fingerprint density at radius 1 is 0.818 bits per heavy atom. The normalized spacial score (nSPS) is 10.2. The topological polar surface area (TPSA) is 58.2 Å². The van der Waals surface area contributed by atoms with E-state index in [1.165, 1.54) is 25.7 Å². The van der Waals surface area contributed by atoms with Crippen LogP contribution in [-0.4, -0.2) is 24.9 Å². The summed E-state index contributed by atoms with van der Waals surface area (Å²) in [5.74, 6) is -1.07. The van der Waals surface area contributed by atoms with Gasteiger partial charge in [-0.3, -0.25) is 9.59 Å². The van der Waals surface area contributed by atoms with E-state index in [4.69, 9.17) is 0 Å². The Labute approximate surface area is 133 Å². The second-order valence-electron chi connectivity index (χ2n) is 5.52. The lowest BCUT2D eigenvalue weighted by atomic mass is 10.1. The summed E-state index contributed by atoms with van der Waals surface area (Å²) in [5.41, 5.74) is 1.15. The second kappa shape index (κ2) is 11.8. The van der Waals surface area contributed by atoms with Gasteiger partial charge in [0.15, 0.2) is 0 Å². The maximum atomic E-state index is 11.6. The molecule has 0 aliphatic carbocycles. The minimum absolute atomic E-state index is 0.479. The van der Waals surface area contributed by atoms with Crippen molar-refractivity contribution in [3.63, 3.8) is 0 Å². The zero-order valence-corrected chi connectivity index (χ0v) is 13.6. The Kier molecular flexibility index (Phi) is 9.75. The summed E-state index contributed by atoms with van der Waals surface area (Å²) in [7, 11) is 0. The lowest BCUT2D eigenvalue weighted by Gasteiger charge is -2.06. The Morgan fingerprint density at radius 2 is 1.41 bits per heavy atom. The van der Waals surface area contributed by atoms with Gasteiger partial charge < -0.3 is 10.6 Å². The molecule has 22 heavy (non-hydrogen) atoms. The molecule has 0 saturated heterocycles. The van der Waals surface area contributed by atoms with Gasteiger partial charge in [-0.1, -0.05) is 69.4 Å². The number of nitrogens with one attached hydrogen (secondary N) is 2. The summed E-state index contributed by atoms with van der Waals surface area (Å²) >= 11 is 0. The predicted octanol–water partition coefficient (Wildman–Crippen LogP) is 2.82. The van der Waals surface area contributed by atoms with Gasteiger partial charge in [0.2, 0.25) is 0 Å². The van der Waals surface area contributed by atoms with Crippen molar-refractivity contribution in [3.8, 4) is 0 Å². The van der Waals surface area contributed by atoms with Gasteiger partial charge in [0, 0.05) is 13.1 Å². The Hall–Kier alpha value is -1.84. The van der Waals surface area contributed by atoms with E-state index in [9.17, 15) is 9.59 Å². The van der Waals surface area contributed by atoms with Crippen molar-refractivity contribution in [2.75, 3.05) is 13.1 Å². The number of rotatable bonds is 10. The number of benzene rings is 1. The van der Waals surface area contributed by atoms with Crippen molar-refractivity contribution in [1.29, 1.82) is 0 Å². The van der Waals surface area contributed by atoms with Gasteiger partial charge in [0.05, 0.1) is 0 Å². The molecule has 0 atom stereocenters. The van der Waals surface area contributed by atoms with Crippen LogP contribution in [0.5, 0.6) is 0 Å². The maximum absolute atomic E-state index is 11.6. The molecule has 2 N–H and O–H groups in total. The lowest BCUT2D eigenvalue weighted by molar-refractivity contribution is -0.139. The third kappa shape index (κ3) is 8.45. The minimum atomic E-state index is -0.540. The van der Waals surface area contributed by atoms with E-state index >= 15 is 0 Å². The Bertz CT molecular complexity index is 432. The van der Waals surface area contributed by atoms with Gasteiger partial charge in [-0.2, -0.15) is 0 Å². The molecule has 4 heteroatoms. The van der Waals surface area contributed by atoms with Gasteiger partial charge in [-0.15, -0.1) is 0 Å². The van der Waals surface area contributed by atoms with Gasteiger partial charge in [0.25, 0.3) is 0 Å². The van der Waals surface area contributed by atoms with E-state index < -0.39 is 11.8 Å². The largest absolute Gasteiger partial charge is 0.348 e. The molecule has 0 heterocycles. The highest BCUT2D eigenvalue weighted by Crippen LogP contribution is 2.04. The van der Waals surface area contributed by atoms with Crippen LogP contribution >= 0.6 is 0 Å². The zero-order valence-electron chi connectivity index (χ0n) is 13.6. The molecule has 0 unspecified atom stereocenters. The van der Waals surface area contributed by atoms with Crippen molar-refractivity contribution in [3.05, 3.63) is 35.9 Å². The van der Waals surface area contributed by atoms with Crippen LogP contribution in [0, 0.1) is 0 Å². The van der Waals surface area contributed by atoms with Crippen LogP contribution in [0.2, 0.25) is 0 Å². The van der Waals surface area contributed by atoms with E-state index in [-0.39, 0.29) is 0 Å². The lowest BCUT2D eigenvalue weighted by Crippen LogP contribution is -2.40. The van der Waals surface area contributed by atoms with E-state index in [1.807, 2.05) is 30.3 Å². The van der Waals surface area contributed by atoms with Crippen LogP contribution in [-0.2, 0) is 16.0 Å². The first-order chi connectivity index (χ1) is 10.7. The summed E-state index contributed by atoms with van der Waals surface area (Å²) in [6.07, 6.45) is 7.74. The molecular formula is C18H28N2O2. The fourth-order valence-corrected chi connectivity index (χ4v) is 2.23. The number of amides is 2. The molecule has 122 valence electrons. The Balaban J connectivity index is 2.03. The molecule has 4 nitrogen and oxygen atoms in total. The van der Waals surface area contributed by atoms with Crippen LogP contribution in [0.4, 0.5) is 0 Å². The fourth-order valence-electron chi connectivity index (χ4n) is 2.23. The molecule has 2 amide bonds. The molecule has 0 bridgehead atoms. The fraction of sp³-hybridized carbons (Fsp3) is 0.556. The molecule has 0 radical (unpaired) electrons. The summed E-state index contributed by atoms with van der Waals surface area (Å²) in [5, 5.41) is 5.32. The van der Waals surface area contributed by atoms with E-state index in [0.29, 0.717) is 13.1 Å². The number of hydrogen-bond acceptors (Lipinski definition) is 2. The van der Waals surface area contributed by atoms with Gasteiger partial charge in [-0.05, 0) is 18.4 Å². The van der Waals surface area contributed by atoms with Crippen LogP contribution in [0.15, 0.2) is 30.3 Å². The van der Waals surface area contributed by atoms with Crippen LogP contribution < -0.4 is 10.6 Å². The summed E-state index contributed by atoms with van der Waals surface area (Å²) in [6, 6.07) is 9.89. The highest BCUT2D eigenvalue weighted by atomic mass is 16.2. The van der Waals surface area contributed by atoms with Gasteiger partial charge in [0.1, 0.15) is 0 Å². The first-order valence-corrected chi connectivity index (χ1v) is 8.34. The first-order valence-electron chi connectivity index (χ1n) is 8.34. The van der Waals surface area contributed by atoms with Crippen molar-refractivity contribution < 1.29 is 9.59 Å². The van der Waals surface area contributed by atoms with Crippen molar-refractivity contribution in [1.82, 2.24) is 10.6 Å². The molecule has 1 aromatic carbocycles. The van der Waals surface area contributed by atoms with Crippen molar-refractivity contribution >= 4 is 11.8 Å². The molecule has 0 aliphatic heterocycles. The molecule has 0 saturated carbocycles. The number of carbonyl (C=O) groups excluding carboxylic acids is 2. The van der Waals surface area contributed by atoms with E-state index in [2.05, 4.69) is 17.6 Å². The second-order valence-corrected chi connectivity index (χ2v) is 5.52. The third-order valence-electron chi connectivity index (χ3n) is 3.56. The van der Waals surface area contributed by atoms with E-state index in [1.54, 1.807) is 0 Å². The molecule has 0 aliphatic rings. The minimum Gasteiger partial charge on any atom is -0.348 e. The highest BCUT2D eigenvalue weighted by molar-refractivity contribution is 6.35. The molecule has 0 spiro atoms. The maximum Gasteiger partial charge on any atom is 0.309 e. The predicted molar refractivity (Wildman–Crippen MR) is 89.5 cm³/mol.